The van der Waals surface area contributed by atoms with Gasteiger partial charge in [-0.15, -0.1) is 0 Å². The van der Waals surface area contributed by atoms with Gasteiger partial charge in [-0.2, -0.15) is 0 Å². The summed E-state index contributed by atoms with van der Waals surface area (Å²) < 4.78 is 5.62. The molecule has 0 aromatic heterocycles. The lowest BCUT2D eigenvalue weighted by Gasteiger charge is -2.05. The van der Waals surface area contributed by atoms with Crippen LogP contribution in [0.3, 0.4) is 0 Å². The molecular formula is C8H8BrNO3. The molecule has 0 amide bonds. The number of hydrogen-bond acceptors (Lipinski definition) is 3. The van der Waals surface area contributed by atoms with E-state index < -0.39 is 4.92 Å². The van der Waals surface area contributed by atoms with Crippen molar-refractivity contribution in [3.63, 3.8) is 0 Å². The van der Waals surface area contributed by atoms with Crippen molar-refractivity contribution in [1.29, 1.82) is 0 Å². The third kappa shape index (κ3) is 1.98. The van der Waals surface area contributed by atoms with Crippen LogP contribution in [-0.4, -0.2) is 12.0 Å². The van der Waals surface area contributed by atoms with Gasteiger partial charge in [0.15, 0.2) is 0 Å². The highest BCUT2D eigenvalue weighted by atomic mass is 79.9. The predicted octanol–water partition coefficient (Wildman–Crippen LogP) is 2.67. The second-order valence-electron chi connectivity index (χ2n) is 2.51. The summed E-state index contributed by atoms with van der Waals surface area (Å²) in [6, 6.07) is 3.15. The van der Waals surface area contributed by atoms with Gasteiger partial charge in [0.2, 0.25) is 0 Å². The van der Waals surface area contributed by atoms with Gasteiger partial charge in [-0.25, -0.2) is 0 Å². The molecule has 0 N–H and O–H groups in total. The Labute approximate surface area is 83.8 Å². The molecule has 0 bridgehead atoms. The van der Waals surface area contributed by atoms with Gasteiger partial charge in [0.1, 0.15) is 5.75 Å². The standard InChI is InChI=1S/C8H8BrNO3/c1-5-7(10(11)12)3-6(9)4-8(5)13-2/h3-4H,1-2H3. The zero-order valence-corrected chi connectivity index (χ0v) is 8.79. The van der Waals surface area contributed by atoms with Crippen LogP contribution in [0.25, 0.3) is 0 Å². The zero-order valence-electron chi connectivity index (χ0n) is 7.20. The highest BCUT2D eigenvalue weighted by Crippen LogP contribution is 2.31. The molecule has 0 saturated carbocycles. The molecule has 1 aromatic carbocycles. The van der Waals surface area contributed by atoms with Gasteiger partial charge in [-0.05, 0) is 13.0 Å². The van der Waals surface area contributed by atoms with Gasteiger partial charge < -0.3 is 4.74 Å². The first-order valence-electron chi connectivity index (χ1n) is 3.54. The molecule has 5 heteroatoms. The van der Waals surface area contributed by atoms with Crippen molar-refractivity contribution in [3.05, 3.63) is 32.3 Å². The molecule has 1 rings (SSSR count). The lowest BCUT2D eigenvalue weighted by Crippen LogP contribution is -1.95. The van der Waals surface area contributed by atoms with Crippen molar-refractivity contribution in [2.75, 3.05) is 7.11 Å². The number of hydrogen-bond donors (Lipinski definition) is 0. The molecular weight excluding hydrogens is 238 g/mol. The lowest BCUT2D eigenvalue weighted by molar-refractivity contribution is -0.385. The van der Waals surface area contributed by atoms with Gasteiger partial charge in [-0.1, -0.05) is 15.9 Å². The minimum absolute atomic E-state index is 0.0613. The molecule has 0 unspecified atom stereocenters. The minimum Gasteiger partial charge on any atom is -0.496 e. The molecule has 70 valence electrons. The van der Waals surface area contributed by atoms with E-state index in [-0.39, 0.29) is 5.69 Å². The highest BCUT2D eigenvalue weighted by Gasteiger charge is 2.15. The highest BCUT2D eigenvalue weighted by molar-refractivity contribution is 9.10. The summed E-state index contributed by atoms with van der Waals surface area (Å²) in [5.74, 6) is 0.515. The molecule has 0 aliphatic rings. The number of rotatable bonds is 2. The molecule has 13 heavy (non-hydrogen) atoms. The fourth-order valence-electron chi connectivity index (χ4n) is 1.04. The number of ether oxygens (including phenoxy) is 1. The van der Waals surface area contributed by atoms with Crippen molar-refractivity contribution < 1.29 is 9.66 Å². The molecule has 0 aliphatic heterocycles. The van der Waals surface area contributed by atoms with Crippen LogP contribution < -0.4 is 4.74 Å². The van der Waals surface area contributed by atoms with Crippen molar-refractivity contribution in [2.24, 2.45) is 0 Å². The van der Waals surface area contributed by atoms with E-state index in [1.807, 2.05) is 0 Å². The molecule has 0 radical (unpaired) electrons. The van der Waals surface area contributed by atoms with Crippen LogP contribution in [-0.2, 0) is 0 Å². The number of benzene rings is 1. The summed E-state index contributed by atoms with van der Waals surface area (Å²) in [5, 5.41) is 10.6. The third-order valence-corrected chi connectivity index (χ3v) is 2.17. The van der Waals surface area contributed by atoms with E-state index in [2.05, 4.69) is 15.9 Å². The minimum atomic E-state index is -0.428. The van der Waals surface area contributed by atoms with E-state index in [0.29, 0.717) is 15.8 Å². The van der Waals surface area contributed by atoms with Crippen LogP contribution in [0.15, 0.2) is 16.6 Å². The Kier molecular flexibility index (Phi) is 2.87. The van der Waals surface area contributed by atoms with Crippen LogP contribution in [0.4, 0.5) is 5.69 Å². The normalized spacial score (nSPS) is 9.77. The maximum atomic E-state index is 10.6. The first-order valence-corrected chi connectivity index (χ1v) is 4.34. The van der Waals surface area contributed by atoms with Gasteiger partial charge in [0, 0.05) is 10.5 Å². The fourth-order valence-corrected chi connectivity index (χ4v) is 1.47. The Morgan fingerprint density at radius 1 is 1.54 bits per heavy atom. The van der Waals surface area contributed by atoms with Crippen LogP contribution in [0.2, 0.25) is 0 Å². The second kappa shape index (κ2) is 3.74. The summed E-state index contributed by atoms with van der Waals surface area (Å²) in [4.78, 5) is 10.1. The topological polar surface area (TPSA) is 52.4 Å². The number of nitrogens with zero attached hydrogens (tertiary/aromatic N) is 1. The number of halogens is 1. The van der Waals surface area contributed by atoms with E-state index in [9.17, 15) is 10.1 Å². The largest absolute Gasteiger partial charge is 0.496 e. The number of nitro groups is 1. The maximum absolute atomic E-state index is 10.6. The summed E-state index contributed by atoms with van der Waals surface area (Å²) >= 11 is 3.17. The molecule has 0 aliphatic carbocycles. The summed E-state index contributed by atoms with van der Waals surface area (Å²) in [6.07, 6.45) is 0. The Morgan fingerprint density at radius 3 is 2.62 bits per heavy atom. The van der Waals surface area contributed by atoms with E-state index in [1.165, 1.54) is 13.2 Å². The van der Waals surface area contributed by atoms with Crippen molar-refractivity contribution in [3.8, 4) is 5.75 Å². The van der Waals surface area contributed by atoms with Crippen LogP contribution >= 0.6 is 15.9 Å². The third-order valence-electron chi connectivity index (χ3n) is 1.71. The first kappa shape index (κ1) is 9.98. The van der Waals surface area contributed by atoms with Crippen LogP contribution in [0, 0.1) is 17.0 Å². The first-order chi connectivity index (χ1) is 6.06. The van der Waals surface area contributed by atoms with Crippen molar-refractivity contribution >= 4 is 21.6 Å². The molecule has 0 heterocycles. The lowest BCUT2D eigenvalue weighted by atomic mass is 10.2. The Balaban J connectivity index is 3.35. The smallest absolute Gasteiger partial charge is 0.277 e. The van der Waals surface area contributed by atoms with E-state index in [0.717, 1.165) is 0 Å². The maximum Gasteiger partial charge on any atom is 0.277 e. The Morgan fingerprint density at radius 2 is 2.15 bits per heavy atom. The van der Waals surface area contributed by atoms with E-state index in [1.54, 1.807) is 13.0 Å². The molecule has 0 spiro atoms. The Hall–Kier alpha value is -1.10. The van der Waals surface area contributed by atoms with Gasteiger partial charge in [0.05, 0.1) is 17.6 Å². The average molecular weight is 246 g/mol. The fraction of sp³-hybridized carbons (Fsp3) is 0.250. The monoisotopic (exact) mass is 245 g/mol. The molecule has 1 aromatic rings. The quantitative estimate of drug-likeness (QED) is 0.595. The van der Waals surface area contributed by atoms with Crippen molar-refractivity contribution in [1.82, 2.24) is 0 Å². The van der Waals surface area contributed by atoms with Gasteiger partial charge >= 0.3 is 0 Å². The van der Waals surface area contributed by atoms with Gasteiger partial charge in [0.25, 0.3) is 5.69 Å². The summed E-state index contributed by atoms with van der Waals surface area (Å²) in [5.41, 5.74) is 0.599. The summed E-state index contributed by atoms with van der Waals surface area (Å²) in [6.45, 7) is 1.66. The van der Waals surface area contributed by atoms with Crippen molar-refractivity contribution in [2.45, 2.75) is 6.92 Å². The average Bonchev–Trinajstić information content (AvgIpc) is 2.08. The number of methoxy groups -OCH3 is 1. The van der Waals surface area contributed by atoms with Crippen LogP contribution in [0.1, 0.15) is 5.56 Å². The predicted molar refractivity (Wildman–Crippen MR) is 52.1 cm³/mol. The van der Waals surface area contributed by atoms with Crippen LogP contribution in [0.5, 0.6) is 5.75 Å². The second-order valence-corrected chi connectivity index (χ2v) is 3.42. The summed E-state index contributed by atoms with van der Waals surface area (Å²) in [7, 11) is 1.48. The van der Waals surface area contributed by atoms with Gasteiger partial charge in [-0.3, -0.25) is 10.1 Å². The molecule has 0 atom stereocenters. The molecule has 0 fully saturated rings. The Bertz CT molecular complexity index is 351. The SMILES string of the molecule is COc1cc(Br)cc([N+](=O)[O-])c1C. The molecule has 0 saturated heterocycles. The number of nitro benzene ring substituents is 1. The zero-order chi connectivity index (χ0) is 10.0. The van der Waals surface area contributed by atoms with E-state index in [4.69, 9.17) is 4.74 Å². The molecule has 4 nitrogen and oxygen atoms in total. The van der Waals surface area contributed by atoms with E-state index >= 15 is 0 Å².